The minimum absolute atomic E-state index is 0.399. The minimum atomic E-state index is -0.399. The summed E-state index contributed by atoms with van der Waals surface area (Å²) in [6, 6.07) is 10.3. The number of rotatable bonds is 17. The van der Waals surface area contributed by atoms with Gasteiger partial charge in [-0.15, -0.1) is 0 Å². The lowest BCUT2D eigenvalue weighted by Crippen LogP contribution is -2.30. The highest BCUT2D eigenvalue weighted by atomic mass is 31.1. The molecule has 2 aromatic rings. The van der Waals surface area contributed by atoms with Gasteiger partial charge in [0, 0.05) is 81.1 Å². The van der Waals surface area contributed by atoms with Crippen LogP contribution in [0.15, 0.2) is 24.3 Å². The van der Waals surface area contributed by atoms with Crippen LogP contribution in [0, 0.1) is 0 Å². The molecule has 0 amide bonds. The van der Waals surface area contributed by atoms with Gasteiger partial charge in [0.05, 0.1) is 0 Å². The molecule has 0 bridgehead atoms. The van der Waals surface area contributed by atoms with Crippen molar-refractivity contribution in [3.05, 3.63) is 57.6 Å². The van der Waals surface area contributed by atoms with E-state index in [1.165, 1.54) is 63.7 Å². The van der Waals surface area contributed by atoms with Gasteiger partial charge in [-0.3, -0.25) is 18.7 Å². The van der Waals surface area contributed by atoms with Crippen molar-refractivity contribution >= 4 is 16.4 Å². The predicted octanol–water partition coefficient (Wildman–Crippen LogP) is 10.1. The average Bonchev–Trinajstić information content (AvgIpc) is 3.06. The van der Waals surface area contributed by atoms with Gasteiger partial charge in [-0.25, -0.2) is 0 Å². The molecule has 0 N–H and O–H groups in total. The Hall–Kier alpha value is -0.860. The highest BCUT2D eigenvalue weighted by Crippen LogP contribution is 2.53. The zero-order valence-corrected chi connectivity index (χ0v) is 31.5. The smallest absolute Gasteiger partial charge is 0.0440 e. The fourth-order valence-corrected chi connectivity index (χ4v) is 13.2. The van der Waals surface area contributed by atoms with Crippen LogP contribution in [0.4, 0.5) is 0 Å². The van der Waals surface area contributed by atoms with Crippen LogP contribution in [0.5, 0.6) is 0 Å². The van der Waals surface area contributed by atoms with Crippen LogP contribution in [0.25, 0.3) is 11.1 Å². The Morgan fingerprint density at radius 3 is 1.02 bits per heavy atom. The molecule has 0 aromatic heterocycles. The first-order chi connectivity index (χ1) is 21.5. The average molecular weight is 639 g/mol. The number of nitrogens with zero attached hydrogens (tertiary/aromatic N) is 4. The number of hydrogen-bond donors (Lipinski definition) is 0. The molecule has 0 atom stereocenters. The van der Waals surface area contributed by atoms with Crippen LogP contribution in [0.2, 0.25) is 0 Å². The molecule has 44 heavy (non-hydrogen) atoms. The van der Waals surface area contributed by atoms with E-state index < -0.39 is 16.4 Å². The first kappa shape index (κ1) is 36.0. The van der Waals surface area contributed by atoms with Crippen molar-refractivity contribution in [1.82, 2.24) is 18.7 Å². The van der Waals surface area contributed by atoms with E-state index in [-0.39, 0.29) is 0 Å². The monoisotopic (exact) mass is 638 g/mol. The third-order valence-corrected chi connectivity index (χ3v) is 16.5. The molecule has 2 aliphatic carbocycles. The van der Waals surface area contributed by atoms with Crippen molar-refractivity contribution in [2.45, 2.75) is 119 Å². The van der Waals surface area contributed by atoms with Gasteiger partial charge in [-0.2, -0.15) is 0 Å². The normalized spacial score (nSPS) is 15.3. The van der Waals surface area contributed by atoms with E-state index in [9.17, 15) is 0 Å². The second-order valence-electron chi connectivity index (χ2n) is 12.5. The summed E-state index contributed by atoms with van der Waals surface area (Å²) in [6.45, 7) is 27.9. The van der Waals surface area contributed by atoms with Crippen molar-refractivity contribution in [1.29, 1.82) is 0 Å². The number of aryl methyl sites for hydroxylation is 2. The zero-order valence-electron chi connectivity index (χ0n) is 29.7. The van der Waals surface area contributed by atoms with Crippen LogP contribution >= 0.6 is 16.4 Å². The Labute approximate surface area is 274 Å². The largest absolute Gasteiger partial charge is 0.270 e. The third kappa shape index (κ3) is 7.98. The van der Waals surface area contributed by atoms with E-state index in [0.29, 0.717) is 0 Å². The zero-order chi connectivity index (χ0) is 31.6. The fraction of sp³-hybridized carbons (Fsp3) is 0.684. The Bertz CT molecular complexity index is 1050. The minimum Gasteiger partial charge on any atom is -0.270 e. The van der Waals surface area contributed by atoms with E-state index in [0.717, 1.165) is 52.4 Å². The van der Waals surface area contributed by atoms with Crippen molar-refractivity contribution in [2.24, 2.45) is 0 Å². The molecule has 0 aliphatic heterocycles. The third-order valence-electron chi connectivity index (χ3n) is 10.3. The maximum absolute atomic E-state index is 2.77. The second kappa shape index (κ2) is 17.9. The van der Waals surface area contributed by atoms with Gasteiger partial charge in [-0.1, -0.05) is 79.7 Å². The molecule has 4 rings (SSSR count). The molecule has 0 saturated heterocycles. The summed E-state index contributed by atoms with van der Waals surface area (Å²) in [6.07, 6.45) is 12.7. The molecule has 0 unspecified atom stereocenters. The molecule has 2 aromatic carbocycles. The van der Waals surface area contributed by atoms with Gasteiger partial charge in [-0.05, 0) is 95.9 Å². The number of fused-ring (bicyclic) bond motifs is 2. The highest BCUT2D eigenvalue weighted by Gasteiger charge is 2.30. The summed E-state index contributed by atoms with van der Waals surface area (Å²) in [4.78, 5) is 0. The molecule has 0 radical (unpaired) electrons. The van der Waals surface area contributed by atoms with E-state index >= 15 is 0 Å². The van der Waals surface area contributed by atoms with Crippen molar-refractivity contribution in [3.63, 3.8) is 0 Å². The Morgan fingerprint density at radius 2 is 0.727 bits per heavy atom. The summed E-state index contributed by atoms with van der Waals surface area (Å²) in [5, 5.41) is 0. The fourth-order valence-electron chi connectivity index (χ4n) is 7.90. The maximum Gasteiger partial charge on any atom is 0.0440 e. The summed E-state index contributed by atoms with van der Waals surface area (Å²) in [5.41, 5.74) is 13.3. The summed E-state index contributed by atoms with van der Waals surface area (Å²) >= 11 is 0. The Kier molecular flexibility index (Phi) is 14.6. The van der Waals surface area contributed by atoms with Crippen LogP contribution in [-0.4, -0.2) is 71.0 Å². The van der Waals surface area contributed by atoms with Gasteiger partial charge in [0.1, 0.15) is 0 Å². The van der Waals surface area contributed by atoms with E-state index in [1.807, 2.05) is 0 Å². The van der Waals surface area contributed by atoms with Crippen LogP contribution < -0.4 is 0 Å². The Balaban J connectivity index is 1.97. The van der Waals surface area contributed by atoms with E-state index in [2.05, 4.69) is 98.3 Å². The molecule has 6 heteroatoms. The Morgan fingerprint density at radius 1 is 0.432 bits per heavy atom. The molecular weight excluding hydrogens is 574 g/mol. The molecule has 2 aliphatic rings. The van der Waals surface area contributed by atoms with Gasteiger partial charge in [0.2, 0.25) is 0 Å². The van der Waals surface area contributed by atoms with Gasteiger partial charge in [0.15, 0.2) is 0 Å². The molecule has 0 saturated carbocycles. The van der Waals surface area contributed by atoms with Crippen LogP contribution in [0.3, 0.4) is 0 Å². The van der Waals surface area contributed by atoms with Crippen LogP contribution in [-0.2, 0) is 38.0 Å². The standard InChI is InChI=1S/C38H64N4P2/c1-9-39(10-2)43(40(11-3)12-4)29-33-27-25-31-21-17-19-23-35(31)37(33)38-34(28-26-32-22-18-20-24-36(32)38)30-44(41(13-5)14-6)42(15-7)16-8/h25-28H,9-24,29-30H2,1-8H3. The number of benzene rings is 2. The quantitative estimate of drug-likeness (QED) is 0.160. The molecule has 246 valence electrons. The summed E-state index contributed by atoms with van der Waals surface area (Å²) < 4.78 is 11.1. The second-order valence-corrected chi connectivity index (χ2v) is 16.9. The van der Waals surface area contributed by atoms with Gasteiger partial charge in [0.25, 0.3) is 0 Å². The highest BCUT2D eigenvalue weighted by molar-refractivity contribution is 7.52. The topological polar surface area (TPSA) is 13.0 Å². The lowest BCUT2D eigenvalue weighted by atomic mass is 9.78. The van der Waals surface area contributed by atoms with E-state index in [1.54, 1.807) is 44.5 Å². The lowest BCUT2D eigenvalue weighted by Gasteiger charge is -2.39. The van der Waals surface area contributed by atoms with Gasteiger partial charge < -0.3 is 0 Å². The molecule has 0 spiro atoms. The first-order valence-electron chi connectivity index (χ1n) is 18.3. The van der Waals surface area contributed by atoms with Crippen molar-refractivity contribution in [3.8, 4) is 11.1 Å². The van der Waals surface area contributed by atoms with E-state index in [4.69, 9.17) is 0 Å². The molecule has 0 fully saturated rings. The lowest BCUT2D eigenvalue weighted by molar-refractivity contribution is 0.421. The van der Waals surface area contributed by atoms with Gasteiger partial charge >= 0.3 is 0 Å². The maximum atomic E-state index is 2.77. The van der Waals surface area contributed by atoms with Crippen LogP contribution in [0.1, 0.15) is 114 Å². The SMILES string of the molecule is CCN(CC)P(Cc1ccc2c(c1-c1c(CP(N(CC)CC)N(CC)CC)ccc3c1CCCC3)CCCC2)N(CC)CC. The molecule has 4 nitrogen and oxygen atoms in total. The summed E-state index contributed by atoms with van der Waals surface area (Å²) in [5.74, 6) is 0. The first-order valence-corrected chi connectivity index (χ1v) is 21.2. The number of hydrogen-bond acceptors (Lipinski definition) is 4. The molecule has 0 heterocycles. The molecular formula is C38H64N4P2. The summed E-state index contributed by atoms with van der Waals surface area (Å²) in [7, 11) is -0.797. The predicted molar refractivity (Wildman–Crippen MR) is 198 cm³/mol. The van der Waals surface area contributed by atoms with Crippen molar-refractivity contribution < 1.29 is 0 Å². The van der Waals surface area contributed by atoms with Crippen molar-refractivity contribution in [2.75, 3.05) is 52.4 Å².